The Hall–Kier alpha value is -5.10. The molecule has 1 aliphatic heterocycles. The van der Waals surface area contributed by atoms with Crippen molar-refractivity contribution in [3.05, 3.63) is 101 Å². The minimum Gasteiger partial charge on any atom is -0.493 e. The van der Waals surface area contributed by atoms with E-state index >= 15 is 0 Å². The highest BCUT2D eigenvalue weighted by Crippen LogP contribution is 2.44. The summed E-state index contributed by atoms with van der Waals surface area (Å²) in [7, 11) is 1.62. The predicted octanol–water partition coefficient (Wildman–Crippen LogP) is 8.92. The van der Waals surface area contributed by atoms with E-state index in [4.69, 9.17) is 18.9 Å². The maximum absolute atomic E-state index is 13.5. The zero-order valence-electron chi connectivity index (χ0n) is 32.7. The summed E-state index contributed by atoms with van der Waals surface area (Å²) in [5.41, 5.74) is 1.77. The van der Waals surface area contributed by atoms with Gasteiger partial charge in [-0.05, 0) is 94.0 Å². The molecular weight excluding hydrogens is 717 g/mol. The van der Waals surface area contributed by atoms with Crippen LogP contribution >= 0.6 is 11.3 Å². The van der Waals surface area contributed by atoms with E-state index in [1.54, 1.807) is 35.7 Å². The predicted molar refractivity (Wildman–Crippen MR) is 215 cm³/mol. The summed E-state index contributed by atoms with van der Waals surface area (Å²) >= 11 is 1.34. The molecule has 11 nitrogen and oxygen atoms in total. The van der Waals surface area contributed by atoms with Gasteiger partial charge in [-0.15, -0.1) is 11.3 Å². The molecule has 5 rings (SSSR count). The van der Waals surface area contributed by atoms with Gasteiger partial charge in [-0.1, -0.05) is 62.1 Å². The smallest absolute Gasteiger partial charge is 0.411 e. The number of rotatable bonds is 18. The van der Waals surface area contributed by atoms with E-state index in [2.05, 4.69) is 15.6 Å². The lowest BCUT2D eigenvalue weighted by atomic mass is 9.79. The highest BCUT2D eigenvalue weighted by atomic mass is 32.1. The Labute approximate surface area is 328 Å². The fourth-order valence-corrected chi connectivity index (χ4v) is 7.20. The normalized spacial score (nSPS) is 15.1. The molecule has 2 heterocycles. The average Bonchev–Trinajstić information content (AvgIpc) is 3.67. The quantitative estimate of drug-likeness (QED) is 0.0961. The number of amides is 3. The van der Waals surface area contributed by atoms with Crippen LogP contribution in [-0.4, -0.2) is 60.2 Å². The molecule has 1 atom stereocenters. The monoisotopic (exact) mass is 770 g/mol. The van der Waals surface area contributed by atoms with Crippen molar-refractivity contribution in [2.75, 3.05) is 32.1 Å². The maximum atomic E-state index is 13.5. The zero-order chi connectivity index (χ0) is 39.3. The number of hydrogen-bond acceptors (Lipinski definition) is 9. The van der Waals surface area contributed by atoms with Crippen LogP contribution in [0.3, 0.4) is 0 Å². The third-order valence-electron chi connectivity index (χ3n) is 9.43. The number of carbonyl (C=O) groups is 3. The van der Waals surface area contributed by atoms with Gasteiger partial charge in [0.15, 0.2) is 16.6 Å². The Morgan fingerprint density at radius 1 is 0.909 bits per heavy atom. The van der Waals surface area contributed by atoms with Crippen LogP contribution in [0.5, 0.6) is 17.2 Å². The van der Waals surface area contributed by atoms with Crippen molar-refractivity contribution < 1.29 is 33.3 Å². The number of anilines is 1. The number of methoxy groups -OCH3 is 1. The van der Waals surface area contributed by atoms with Crippen molar-refractivity contribution in [2.45, 2.75) is 96.8 Å². The second-order valence-electron chi connectivity index (χ2n) is 14.9. The van der Waals surface area contributed by atoms with Crippen LogP contribution in [0.1, 0.15) is 99.7 Å². The second kappa shape index (κ2) is 19.5. The number of aromatic nitrogens is 1. The van der Waals surface area contributed by atoms with Crippen LogP contribution < -0.4 is 24.8 Å². The minimum absolute atomic E-state index is 0.00556. The largest absolute Gasteiger partial charge is 0.493 e. The van der Waals surface area contributed by atoms with Crippen molar-refractivity contribution in [1.29, 1.82) is 0 Å². The Kier molecular flexibility index (Phi) is 14.5. The zero-order valence-corrected chi connectivity index (χ0v) is 33.5. The van der Waals surface area contributed by atoms with Crippen LogP contribution in [0.2, 0.25) is 0 Å². The second-order valence-corrected chi connectivity index (χ2v) is 15.8. The van der Waals surface area contributed by atoms with Gasteiger partial charge >= 0.3 is 6.09 Å². The highest BCUT2D eigenvalue weighted by Gasteiger charge is 2.45. The molecule has 0 spiro atoms. The summed E-state index contributed by atoms with van der Waals surface area (Å²) in [6, 6.07) is 21.1. The third kappa shape index (κ3) is 11.9. The van der Waals surface area contributed by atoms with Crippen LogP contribution in [0.4, 0.5) is 9.93 Å². The highest BCUT2D eigenvalue weighted by molar-refractivity contribution is 7.13. The molecule has 55 heavy (non-hydrogen) atoms. The maximum Gasteiger partial charge on any atom is 0.411 e. The number of nitrogens with zero attached hydrogens (tertiary/aromatic N) is 2. The Bertz CT molecular complexity index is 1860. The molecule has 2 N–H and O–H groups in total. The van der Waals surface area contributed by atoms with E-state index in [9.17, 15) is 14.4 Å². The number of nitrogens with one attached hydrogen (secondary N) is 2. The van der Waals surface area contributed by atoms with E-state index in [1.807, 2.05) is 82.3 Å². The molecule has 0 fully saturated rings. The fourth-order valence-electron chi connectivity index (χ4n) is 6.66. The van der Waals surface area contributed by atoms with Gasteiger partial charge in [0.2, 0.25) is 5.91 Å². The SMILES string of the molecule is COc1cc2c(cc1OCCCCCCCCNC(=O)c1cccc(OCc3ccccc3)c1)C(C)(CC(=O)Nc1nccs1)N(C(=O)OC(C)(C)C)CC2. The number of unbranched alkanes of at least 4 members (excludes halogenated alkanes) is 5. The van der Waals surface area contributed by atoms with Crippen LogP contribution in [0.25, 0.3) is 0 Å². The summed E-state index contributed by atoms with van der Waals surface area (Å²) in [6.45, 7) is 9.35. The van der Waals surface area contributed by atoms with Crippen molar-refractivity contribution in [3.8, 4) is 17.2 Å². The number of benzene rings is 3. The van der Waals surface area contributed by atoms with Gasteiger partial charge in [0, 0.05) is 30.2 Å². The number of hydrogen-bond donors (Lipinski definition) is 2. The van der Waals surface area contributed by atoms with E-state index < -0.39 is 17.2 Å². The lowest BCUT2D eigenvalue weighted by molar-refractivity contribution is -0.119. The minimum atomic E-state index is -1.01. The van der Waals surface area contributed by atoms with Gasteiger partial charge in [0.1, 0.15) is 18.0 Å². The fraction of sp³-hybridized carbons (Fsp3) is 0.442. The Balaban J connectivity index is 1.08. The van der Waals surface area contributed by atoms with E-state index in [1.165, 1.54) is 11.3 Å². The first kappa shape index (κ1) is 41.1. The summed E-state index contributed by atoms with van der Waals surface area (Å²) < 4.78 is 23.7. The van der Waals surface area contributed by atoms with Crippen LogP contribution in [0, 0.1) is 0 Å². The third-order valence-corrected chi connectivity index (χ3v) is 10.1. The average molecular weight is 771 g/mol. The summed E-state index contributed by atoms with van der Waals surface area (Å²) in [6.07, 6.45) is 7.63. The number of ether oxygens (including phenoxy) is 4. The van der Waals surface area contributed by atoms with Crippen molar-refractivity contribution in [1.82, 2.24) is 15.2 Å². The molecule has 1 aliphatic rings. The van der Waals surface area contributed by atoms with Gasteiger partial charge < -0.3 is 29.6 Å². The first-order valence-electron chi connectivity index (χ1n) is 19.0. The molecule has 0 radical (unpaired) electrons. The molecule has 294 valence electrons. The van der Waals surface area contributed by atoms with Gasteiger partial charge in [0.05, 0.1) is 25.7 Å². The van der Waals surface area contributed by atoms with E-state index in [0.29, 0.717) is 60.7 Å². The molecule has 1 unspecified atom stereocenters. The Morgan fingerprint density at radius 3 is 2.40 bits per heavy atom. The molecule has 0 saturated carbocycles. The molecule has 1 aromatic heterocycles. The molecule has 0 aliphatic carbocycles. The number of fused-ring (bicyclic) bond motifs is 1. The first-order chi connectivity index (χ1) is 26.4. The van der Waals surface area contributed by atoms with Gasteiger partial charge in [-0.2, -0.15) is 0 Å². The molecule has 12 heteroatoms. The standard InChI is InChI=1S/C43H54N4O7S/c1-42(2,3)54-41(50)47-23-20-32-27-36(51-5)37(28-35(32)43(47,4)29-38(48)46-40-45-22-25-55-40)52-24-14-9-7-6-8-13-21-44-39(49)33-18-15-19-34(26-33)53-30-31-16-11-10-12-17-31/h10-12,15-19,22,25-28H,6-9,13-14,20-21,23-24,29-30H2,1-5H3,(H,44,49)(H,45,46,48). The van der Waals surface area contributed by atoms with Crippen molar-refractivity contribution >= 4 is 34.4 Å². The molecule has 3 aromatic carbocycles. The lowest BCUT2D eigenvalue weighted by Crippen LogP contribution is -2.54. The molecule has 4 aromatic rings. The summed E-state index contributed by atoms with van der Waals surface area (Å²) in [5, 5.41) is 8.20. The molecular formula is C43H54N4O7S. The van der Waals surface area contributed by atoms with Crippen LogP contribution in [-0.2, 0) is 28.1 Å². The van der Waals surface area contributed by atoms with E-state index in [-0.39, 0.29) is 18.2 Å². The molecule has 0 bridgehead atoms. The Morgan fingerprint density at radius 2 is 1.67 bits per heavy atom. The number of thiazole rings is 1. The van der Waals surface area contributed by atoms with Crippen molar-refractivity contribution in [2.24, 2.45) is 0 Å². The first-order valence-corrected chi connectivity index (χ1v) is 19.9. The van der Waals surface area contributed by atoms with Gasteiger partial charge in [-0.25, -0.2) is 9.78 Å². The van der Waals surface area contributed by atoms with Gasteiger partial charge in [-0.3, -0.25) is 14.5 Å². The lowest BCUT2D eigenvalue weighted by Gasteiger charge is -2.46. The van der Waals surface area contributed by atoms with Crippen LogP contribution in [0.15, 0.2) is 78.3 Å². The topological polar surface area (TPSA) is 128 Å². The summed E-state index contributed by atoms with van der Waals surface area (Å²) in [4.78, 5) is 45.5. The number of carbonyl (C=O) groups excluding carboxylic acids is 3. The molecule has 3 amide bonds. The van der Waals surface area contributed by atoms with Gasteiger partial charge in [0.25, 0.3) is 5.91 Å². The molecule has 0 saturated heterocycles. The van der Waals surface area contributed by atoms with Crippen molar-refractivity contribution in [3.63, 3.8) is 0 Å². The van der Waals surface area contributed by atoms with E-state index in [0.717, 1.165) is 55.2 Å². The summed E-state index contributed by atoms with van der Waals surface area (Å²) in [5.74, 6) is 1.50.